The lowest BCUT2D eigenvalue weighted by Gasteiger charge is -2.16. The molecule has 5 rings (SSSR count). The number of rotatable bonds is 4. The van der Waals surface area contributed by atoms with Crippen LogP contribution in [0.4, 0.5) is 5.82 Å². The summed E-state index contributed by atoms with van der Waals surface area (Å²) < 4.78 is 3.35. The lowest BCUT2D eigenvalue weighted by atomic mass is 10.1. The zero-order valence-electron chi connectivity index (χ0n) is 20.6. The Morgan fingerprint density at radius 3 is 2.56 bits per heavy atom. The van der Waals surface area contributed by atoms with Crippen molar-refractivity contribution in [3.63, 3.8) is 0 Å². The number of hydrogen-bond acceptors (Lipinski definition) is 7. The van der Waals surface area contributed by atoms with Gasteiger partial charge in [-0.3, -0.25) is 14.3 Å². The minimum absolute atomic E-state index is 0.126. The second kappa shape index (κ2) is 9.24. The summed E-state index contributed by atoms with van der Waals surface area (Å²) in [5.74, 6) is 7.03. The lowest BCUT2D eigenvalue weighted by Crippen LogP contribution is -2.26. The summed E-state index contributed by atoms with van der Waals surface area (Å²) in [5, 5.41) is 5.90. The number of benzene rings is 2. The van der Waals surface area contributed by atoms with E-state index in [1.807, 2.05) is 75.3 Å². The van der Waals surface area contributed by atoms with Crippen molar-refractivity contribution in [2.24, 2.45) is 0 Å². The molecule has 0 spiro atoms. The van der Waals surface area contributed by atoms with Gasteiger partial charge in [0.25, 0.3) is 5.56 Å². The Hall–Kier alpha value is -4.55. The molecule has 2 N–H and O–H groups in total. The molecule has 0 unspecified atom stereocenters. The predicted molar refractivity (Wildman–Crippen MR) is 141 cm³/mol. The molecule has 0 amide bonds. The highest BCUT2D eigenvalue weighted by Crippen LogP contribution is 2.23. The number of fused-ring (bicyclic) bond motifs is 2. The number of nitrogen functional groups attached to an aromatic ring is 1. The van der Waals surface area contributed by atoms with E-state index in [2.05, 4.69) is 21.8 Å². The summed E-state index contributed by atoms with van der Waals surface area (Å²) >= 11 is 0. The van der Waals surface area contributed by atoms with E-state index in [0.717, 1.165) is 16.8 Å². The average molecular weight is 479 g/mol. The number of nitrogens with zero attached hydrogens (tertiary/aromatic N) is 7. The molecule has 0 radical (unpaired) electrons. The molecule has 0 aliphatic heterocycles. The van der Waals surface area contributed by atoms with Crippen LogP contribution in [0.15, 0.2) is 53.6 Å². The zero-order chi connectivity index (χ0) is 25.4. The Labute approximate surface area is 208 Å². The van der Waals surface area contributed by atoms with Crippen LogP contribution in [0.1, 0.15) is 22.6 Å². The SMILES string of the molecule is Cc1ccccc1-n1c(Cn2nc(C#CCN(C)C)c3c(N)ncnc32)nc2cccc(C)c2c1=O. The highest BCUT2D eigenvalue weighted by Gasteiger charge is 2.19. The van der Waals surface area contributed by atoms with Crippen molar-refractivity contribution in [3.8, 4) is 17.5 Å². The van der Waals surface area contributed by atoms with Gasteiger partial charge in [-0.05, 0) is 57.1 Å². The normalized spacial score (nSPS) is 11.2. The number of nitrogens with two attached hydrogens (primary N) is 1. The van der Waals surface area contributed by atoms with Gasteiger partial charge < -0.3 is 5.73 Å². The average Bonchev–Trinajstić information content (AvgIpc) is 3.18. The monoisotopic (exact) mass is 478 g/mol. The molecule has 3 heterocycles. The highest BCUT2D eigenvalue weighted by atomic mass is 16.1. The van der Waals surface area contributed by atoms with E-state index < -0.39 is 0 Å². The Balaban J connectivity index is 1.75. The van der Waals surface area contributed by atoms with Crippen LogP contribution in [0.5, 0.6) is 0 Å². The fraction of sp³-hybridized carbons (Fsp3) is 0.222. The second-order valence-electron chi connectivity index (χ2n) is 8.93. The molecule has 180 valence electrons. The smallest absolute Gasteiger partial charge is 0.266 e. The van der Waals surface area contributed by atoms with E-state index in [0.29, 0.717) is 45.8 Å². The number of para-hydroxylation sites is 1. The molecule has 0 fully saturated rings. The van der Waals surface area contributed by atoms with E-state index >= 15 is 0 Å². The van der Waals surface area contributed by atoms with Crippen LogP contribution in [-0.2, 0) is 6.54 Å². The first-order valence-corrected chi connectivity index (χ1v) is 11.5. The Kier molecular flexibility index (Phi) is 5.96. The maximum Gasteiger partial charge on any atom is 0.266 e. The van der Waals surface area contributed by atoms with Crippen molar-refractivity contribution in [1.82, 2.24) is 34.2 Å². The number of aryl methyl sites for hydroxylation is 2. The van der Waals surface area contributed by atoms with E-state index in [-0.39, 0.29) is 12.1 Å². The van der Waals surface area contributed by atoms with Crippen LogP contribution < -0.4 is 11.3 Å². The van der Waals surface area contributed by atoms with Crippen molar-refractivity contribution in [1.29, 1.82) is 0 Å². The van der Waals surface area contributed by atoms with Gasteiger partial charge in [0.15, 0.2) is 5.65 Å². The minimum atomic E-state index is -0.126. The molecule has 3 aromatic heterocycles. The molecular formula is C27H26N8O. The lowest BCUT2D eigenvalue weighted by molar-refractivity contribution is 0.464. The van der Waals surface area contributed by atoms with Gasteiger partial charge in [0, 0.05) is 0 Å². The Bertz CT molecular complexity index is 1740. The summed E-state index contributed by atoms with van der Waals surface area (Å²) in [6.07, 6.45) is 1.40. The molecule has 9 heteroatoms. The van der Waals surface area contributed by atoms with Crippen molar-refractivity contribution in [2.75, 3.05) is 26.4 Å². The summed E-state index contributed by atoms with van der Waals surface area (Å²) in [6, 6.07) is 13.4. The van der Waals surface area contributed by atoms with Crippen molar-refractivity contribution in [2.45, 2.75) is 20.4 Å². The van der Waals surface area contributed by atoms with E-state index in [4.69, 9.17) is 15.8 Å². The van der Waals surface area contributed by atoms with Crippen molar-refractivity contribution >= 4 is 27.8 Å². The van der Waals surface area contributed by atoms with Crippen LogP contribution in [-0.4, -0.2) is 54.8 Å². The maximum atomic E-state index is 13.9. The topological polar surface area (TPSA) is 108 Å². The first kappa shape index (κ1) is 23.2. The molecule has 0 saturated carbocycles. The summed E-state index contributed by atoms with van der Waals surface area (Å²) in [4.78, 5) is 29.3. The van der Waals surface area contributed by atoms with Crippen LogP contribution in [0.3, 0.4) is 0 Å². The van der Waals surface area contributed by atoms with Gasteiger partial charge in [0.05, 0.1) is 28.5 Å². The fourth-order valence-electron chi connectivity index (χ4n) is 4.25. The molecule has 5 aromatic rings. The molecular weight excluding hydrogens is 452 g/mol. The van der Waals surface area contributed by atoms with Crippen LogP contribution in [0.25, 0.3) is 27.6 Å². The summed E-state index contributed by atoms with van der Waals surface area (Å²) in [6.45, 7) is 4.66. The zero-order valence-corrected chi connectivity index (χ0v) is 20.6. The Morgan fingerprint density at radius 1 is 1.00 bits per heavy atom. The number of hydrogen-bond donors (Lipinski definition) is 1. The van der Waals surface area contributed by atoms with Crippen LogP contribution in [0, 0.1) is 25.7 Å². The van der Waals surface area contributed by atoms with Gasteiger partial charge in [-0.15, -0.1) is 0 Å². The van der Waals surface area contributed by atoms with E-state index in [1.54, 1.807) is 9.25 Å². The second-order valence-corrected chi connectivity index (χ2v) is 8.93. The molecule has 0 aliphatic carbocycles. The van der Waals surface area contributed by atoms with E-state index in [1.165, 1.54) is 6.33 Å². The predicted octanol–water partition coefficient (Wildman–Crippen LogP) is 2.69. The third-order valence-corrected chi connectivity index (χ3v) is 5.98. The van der Waals surface area contributed by atoms with Crippen molar-refractivity contribution in [3.05, 3.63) is 81.8 Å². The molecule has 9 nitrogen and oxygen atoms in total. The fourth-order valence-corrected chi connectivity index (χ4v) is 4.25. The standard InChI is InChI=1S/C27H26N8O/c1-17-9-5-6-13-21(17)35-22(31-19-11-7-10-18(2)23(19)27(35)36)15-34-26-24(25(28)29-16-30-26)20(32-34)12-8-14-33(3)4/h5-7,9-11,13,16H,14-15H2,1-4H3,(H2,28,29,30). The molecule has 0 bridgehead atoms. The van der Waals surface area contributed by atoms with Gasteiger partial charge in [0.1, 0.15) is 30.2 Å². The number of anilines is 1. The van der Waals surface area contributed by atoms with Gasteiger partial charge >= 0.3 is 0 Å². The molecule has 36 heavy (non-hydrogen) atoms. The minimum Gasteiger partial charge on any atom is -0.383 e. The third kappa shape index (κ3) is 4.08. The van der Waals surface area contributed by atoms with Gasteiger partial charge in [-0.2, -0.15) is 5.10 Å². The summed E-state index contributed by atoms with van der Waals surface area (Å²) in [7, 11) is 3.89. The van der Waals surface area contributed by atoms with Crippen molar-refractivity contribution < 1.29 is 0 Å². The molecule has 2 aromatic carbocycles. The first-order valence-electron chi connectivity index (χ1n) is 11.5. The first-order chi connectivity index (χ1) is 17.3. The largest absolute Gasteiger partial charge is 0.383 e. The van der Waals surface area contributed by atoms with Gasteiger partial charge in [-0.25, -0.2) is 19.6 Å². The number of aromatic nitrogens is 6. The molecule has 0 atom stereocenters. The van der Waals surface area contributed by atoms with Crippen LogP contribution in [0.2, 0.25) is 0 Å². The summed E-state index contributed by atoms with van der Waals surface area (Å²) in [5.41, 5.74) is 10.3. The highest BCUT2D eigenvalue weighted by molar-refractivity contribution is 5.90. The quantitative estimate of drug-likeness (QED) is 0.396. The molecule has 0 aliphatic rings. The molecule has 0 saturated heterocycles. The van der Waals surface area contributed by atoms with Gasteiger partial charge in [0.2, 0.25) is 0 Å². The van der Waals surface area contributed by atoms with E-state index in [9.17, 15) is 4.79 Å². The van der Waals surface area contributed by atoms with Crippen LogP contribution >= 0.6 is 0 Å². The maximum absolute atomic E-state index is 13.9. The third-order valence-electron chi connectivity index (χ3n) is 5.98. The van der Waals surface area contributed by atoms with Gasteiger partial charge in [-0.1, -0.05) is 36.3 Å². The Morgan fingerprint density at radius 2 is 1.78 bits per heavy atom.